The van der Waals surface area contributed by atoms with Crippen LogP contribution in [0.4, 0.5) is 0 Å². The molecule has 0 saturated heterocycles. The first-order valence-corrected chi connectivity index (χ1v) is 14.7. The van der Waals surface area contributed by atoms with E-state index < -0.39 is 8.07 Å². The van der Waals surface area contributed by atoms with Gasteiger partial charge in [-0.3, -0.25) is 4.98 Å². The van der Waals surface area contributed by atoms with Gasteiger partial charge in [-0.1, -0.05) is 103 Å². The van der Waals surface area contributed by atoms with Crippen LogP contribution in [0.1, 0.15) is 0 Å². The summed E-state index contributed by atoms with van der Waals surface area (Å²) in [5, 5.41) is 5.31. The largest absolute Gasteiger partial charge is 0.309 e. The normalized spacial score (nSPS) is 11.8. The van der Waals surface area contributed by atoms with Crippen molar-refractivity contribution in [3.05, 3.63) is 121 Å². The molecule has 2 nitrogen and oxygen atoms in total. The van der Waals surface area contributed by atoms with Gasteiger partial charge in [0, 0.05) is 28.2 Å². The molecule has 0 atom stereocenters. The van der Waals surface area contributed by atoms with Gasteiger partial charge in [-0.2, -0.15) is 0 Å². The molecule has 164 valence electrons. The molecule has 3 heteroatoms. The van der Waals surface area contributed by atoms with E-state index in [0.717, 1.165) is 11.3 Å². The molecule has 34 heavy (non-hydrogen) atoms. The fraction of sp³-hybridized carbons (Fsp3) is 0.0645. The van der Waals surface area contributed by atoms with Gasteiger partial charge in [0.1, 0.15) is 8.07 Å². The number of aromatic nitrogens is 2. The first-order valence-electron chi connectivity index (χ1n) is 11.7. The molecule has 0 aliphatic carbocycles. The van der Waals surface area contributed by atoms with E-state index in [1.54, 1.807) is 0 Å². The highest BCUT2D eigenvalue weighted by atomic mass is 28.3. The number of pyridine rings is 1. The molecule has 0 unspecified atom stereocenters. The molecule has 0 N–H and O–H groups in total. The lowest BCUT2D eigenvalue weighted by Crippen LogP contribution is -2.52. The topological polar surface area (TPSA) is 17.8 Å². The quantitative estimate of drug-likeness (QED) is 0.272. The molecular weight excluding hydrogens is 428 g/mol. The molecule has 0 aliphatic heterocycles. The van der Waals surface area contributed by atoms with Gasteiger partial charge in [-0.05, 0) is 35.5 Å². The van der Waals surface area contributed by atoms with Crippen molar-refractivity contribution in [3.8, 4) is 16.9 Å². The van der Waals surface area contributed by atoms with Crippen molar-refractivity contribution in [1.82, 2.24) is 9.55 Å². The van der Waals surface area contributed by atoms with Crippen LogP contribution in [0.25, 0.3) is 38.8 Å². The Morgan fingerprint density at radius 1 is 0.588 bits per heavy atom. The number of nitrogens with zero attached hydrogens (tertiary/aromatic N) is 2. The van der Waals surface area contributed by atoms with E-state index in [1.807, 2.05) is 0 Å². The standard InChI is InChI=1S/C31H26N2Si/c1-34(2,25-13-7-4-8-14-25)26-18-20-29(32-22-26)23-17-19-28-27-15-9-10-16-30(27)33(31(28)21-23)24-11-5-3-6-12-24/h3-22H,1-2H3. The van der Waals surface area contributed by atoms with E-state index in [0.29, 0.717) is 0 Å². The fourth-order valence-corrected chi connectivity index (χ4v) is 7.19. The van der Waals surface area contributed by atoms with Crippen LogP contribution < -0.4 is 10.4 Å². The average Bonchev–Trinajstić information content (AvgIpc) is 3.23. The van der Waals surface area contributed by atoms with Crippen molar-refractivity contribution in [2.24, 2.45) is 0 Å². The number of hydrogen-bond acceptors (Lipinski definition) is 1. The minimum atomic E-state index is -1.77. The van der Waals surface area contributed by atoms with Crippen molar-refractivity contribution >= 4 is 40.3 Å². The highest BCUT2D eigenvalue weighted by molar-refractivity contribution is 7.00. The van der Waals surface area contributed by atoms with E-state index in [1.165, 1.54) is 37.9 Å². The van der Waals surface area contributed by atoms with Gasteiger partial charge in [0.25, 0.3) is 0 Å². The zero-order chi connectivity index (χ0) is 23.1. The summed E-state index contributed by atoms with van der Waals surface area (Å²) in [6.45, 7) is 4.78. The third-order valence-corrected chi connectivity index (χ3v) is 10.5. The summed E-state index contributed by atoms with van der Waals surface area (Å²) in [7, 11) is -1.77. The Bertz CT molecular complexity index is 1600. The molecule has 4 aromatic carbocycles. The molecule has 2 heterocycles. The van der Waals surface area contributed by atoms with Crippen molar-refractivity contribution < 1.29 is 0 Å². The van der Waals surface area contributed by atoms with Gasteiger partial charge in [-0.25, -0.2) is 0 Å². The molecule has 0 aliphatic rings. The molecule has 2 aromatic heterocycles. The van der Waals surface area contributed by atoms with Crippen LogP contribution in [0, 0.1) is 0 Å². The van der Waals surface area contributed by atoms with Crippen LogP contribution >= 0.6 is 0 Å². The molecule has 6 rings (SSSR count). The number of fused-ring (bicyclic) bond motifs is 3. The molecule has 6 aromatic rings. The molecule has 0 fully saturated rings. The maximum Gasteiger partial charge on any atom is 0.114 e. The maximum atomic E-state index is 4.93. The summed E-state index contributed by atoms with van der Waals surface area (Å²) in [5.74, 6) is 0. The molecule has 0 bridgehead atoms. The minimum Gasteiger partial charge on any atom is -0.309 e. The highest BCUT2D eigenvalue weighted by Gasteiger charge is 2.26. The fourth-order valence-electron chi connectivity index (χ4n) is 4.94. The van der Waals surface area contributed by atoms with Crippen LogP contribution in [0.2, 0.25) is 13.1 Å². The van der Waals surface area contributed by atoms with E-state index in [-0.39, 0.29) is 0 Å². The lowest BCUT2D eigenvalue weighted by Gasteiger charge is -2.23. The Balaban J connectivity index is 1.47. The maximum absolute atomic E-state index is 4.93. The molecule has 0 saturated carbocycles. The van der Waals surface area contributed by atoms with Gasteiger partial charge < -0.3 is 4.57 Å². The summed E-state index contributed by atoms with van der Waals surface area (Å²) in [6.07, 6.45) is 2.09. The van der Waals surface area contributed by atoms with Crippen LogP contribution in [0.3, 0.4) is 0 Å². The van der Waals surface area contributed by atoms with Crippen molar-refractivity contribution in [2.75, 3.05) is 0 Å². The Morgan fingerprint density at radius 3 is 2.00 bits per heavy atom. The van der Waals surface area contributed by atoms with Gasteiger partial charge >= 0.3 is 0 Å². The van der Waals surface area contributed by atoms with Gasteiger partial charge in [-0.15, -0.1) is 0 Å². The first-order chi connectivity index (χ1) is 16.6. The number of para-hydroxylation sites is 2. The van der Waals surface area contributed by atoms with E-state index >= 15 is 0 Å². The number of benzene rings is 4. The van der Waals surface area contributed by atoms with Crippen LogP contribution in [-0.4, -0.2) is 17.6 Å². The summed E-state index contributed by atoms with van der Waals surface area (Å²) < 4.78 is 2.36. The van der Waals surface area contributed by atoms with Gasteiger partial charge in [0.05, 0.1) is 16.7 Å². The van der Waals surface area contributed by atoms with Crippen LogP contribution in [-0.2, 0) is 0 Å². The minimum absolute atomic E-state index is 1.01. The lowest BCUT2D eigenvalue weighted by molar-refractivity contribution is 1.18. The van der Waals surface area contributed by atoms with Crippen molar-refractivity contribution in [1.29, 1.82) is 0 Å². The third kappa shape index (κ3) is 3.37. The predicted octanol–water partition coefficient (Wildman–Crippen LogP) is 6.67. The monoisotopic (exact) mass is 454 g/mol. The average molecular weight is 455 g/mol. The van der Waals surface area contributed by atoms with E-state index in [4.69, 9.17) is 4.98 Å². The third-order valence-electron chi connectivity index (χ3n) is 6.96. The van der Waals surface area contributed by atoms with E-state index in [2.05, 4.69) is 139 Å². The Labute approximate surface area is 201 Å². The predicted molar refractivity (Wildman–Crippen MR) is 147 cm³/mol. The van der Waals surface area contributed by atoms with Gasteiger partial charge in [0.15, 0.2) is 0 Å². The molecule has 0 amide bonds. The van der Waals surface area contributed by atoms with Crippen LogP contribution in [0.5, 0.6) is 0 Å². The summed E-state index contributed by atoms with van der Waals surface area (Å²) >= 11 is 0. The van der Waals surface area contributed by atoms with Crippen molar-refractivity contribution in [3.63, 3.8) is 0 Å². The second kappa shape index (κ2) is 8.12. The zero-order valence-electron chi connectivity index (χ0n) is 19.4. The highest BCUT2D eigenvalue weighted by Crippen LogP contribution is 2.34. The lowest BCUT2D eigenvalue weighted by atomic mass is 10.1. The summed E-state index contributed by atoms with van der Waals surface area (Å²) in [6, 6.07) is 41.3. The first kappa shape index (κ1) is 20.6. The summed E-state index contributed by atoms with van der Waals surface area (Å²) in [4.78, 5) is 4.93. The van der Waals surface area contributed by atoms with Crippen LogP contribution in [0.15, 0.2) is 121 Å². The van der Waals surface area contributed by atoms with E-state index in [9.17, 15) is 0 Å². The Morgan fingerprint density at radius 2 is 1.26 bits per heavy atom. The second-order valence-corrected chi connectivity index (χ2v) is 13.7. The number of hydrogen-bond donors (Lipinski definition) is 0. The zero-order valence-corrected chi connectivity index (χ0v) is 20.4. The Hall–Kier alpha value is -3.95. The van der Waals surface area contributed by atoms with Crippen molar-refractivity contribution in [2.45, 2.75) is 13.1 Å². The molecular formula is C31H26N2Si. The second-order valence-electron chi connectivity index (χ2n) is 9.34. The Kier molecular flexibility index (Phi) is 4.93. The smallest absolute Gasteiger partial charge is 0.114 e. The molecule has 0 spiro atoms. The molecule has 0 radical (unpaired) electrons. The SMILES string of the molecule is C[Si](C)(c1ccccc1)c1ccc(-c2ccc3c4ccccc4n(-c4ccccc4)c3c2)nc1. The number of rotatable bonds is 4. The summed E-state index contributed by atoms with van der Waals surface area (Å²) in [5.41, 5.74) is 5.74. The van der Waals surface area contributed by atoms with Gasteiger partial charge in [0.2, 0.25) is 0 Å².